The van der Waals surface area contributed by atoms with Crippen LogP contribution in [0, 0.1) is 6.92 Å². The quantitative estimate of drug-likeness (QED) is 0.683. The molecule has 0 spiro atoms. The minimum Gasteiger partial charge on any atom is -0.496 e. The van der Waals surface area contributed by atoms with Gasteiger partial charge in [0.25, 0.3) is 0 Å². The molecule has 0 aliphatic carbocycles. The summed E-state index contributed by atoms with van der Waals surface area (Å²) in [7, 11) is 1.68. The normalized spacial score (nSPS) is 11.3. The number of alkyl halides is 1. The Morgan fingerprint density at radius 1 is 1.39 bits per heavy atom. The van der Waals surface area contributed by atoms with Crippen LogP contribution in [0.4, 0.5) is 0 Å². The zero-order valence-corrected chi connectivity index (χ0v) is 11.7. The zero-order valence-electron chi connectivity index (χ0n) is 10.1. The number of aryl methyl sites for hydroxylation is 1. The number of methoxy groups -OCH3 is 1. The summed E-state index contributed by atoms with van der Waals surface area (Å²) in [6, 6.07) is 4.07. The maximum atomic E-state index is 5.33. The second kappa shape index (κ2) is 4.24. The second-order valence-corrected chi connectivity index (χ2v) is 4.74. The molecule has 0 aliphatic rings. The Bertz CT molecular complexity index is 736. The highest BCUT2D eigenvalue weighted by molar-refractivity contribution is 9.08. The molecular weight excluding hydrogens is 294 g/mol. The lowest BCUT2D eigenvalue weighted by molar-refractivity contribution is 0.412. The first-order valence-electron chi connectivity index (χ1n) is 5.60. The molecule has 2 heterocycles. The van der Waals surface area contributed by atoms with Gasteiger partial charge in [-0.15, -0.1) is 0 Å². The van der Waals surface area contributed by atoms with Gasteiger partial charge in [0, 0.05) is 22.3 Å². The summed E-state index contributed by atoms with van der Waals surface area (Å²) in [6.07, 6.45) is 3.60. The van der Waals surface area contributed by atoms with Crippen molar-refractivity contribution in [3.63, 3.8) is 0 Å². The molecule has 4 nitrogen and oxygen atoms in total. The van der Waals surface area contributed by atoms with Gasteiger partial charge >= 0.3 is 0 Å². The zero-order chi connectivity index (χ0) is 12.7. The summed E-state index contributed by atoms with van der Waals surface area (Å²) in [5.74, 6) is 0.860. The van der Waals surface area contributed by atoms with Gasteiger partial charge in [-0.2, -0.15) is 5.10 Å². The average Bonchev–Trinajstić information content (AvgIpc) is 2.81. The Morgan fingerprint density at radius 3 is 2.94 bits per heavy atom. The molecule has 0 unspecified atom stereocenters. The molecule has 0 aliphatic heterocycles. The second-order valence-electron chi connectivity index (χ2n) is 4.18. The number of aromatic nitrogens is 3. The van der Waals surface area contributed by atoms with Crippen LogP contribution in [-0.4, -0.2) is 21.7 Å². The molecule has 0 saturated carbocycles. The van der Waals surface area contributed by atoms with Crippen LogP contribution in [0.15, 0.2) is 24.7 Å². The monoisotopic (exact) mass is 305 g/mol. The van der Waals surface area contributed by atoms with Crippen molar-refractivity contribution in [2.24, 2.45) is 0 Å². The number of rotatable bonds is 2. The molecule has 0 fully saturated rings. The number of benzene rings is 1. The molecule has 92 valence electrons. The summed E-state index contributed by atoms with van der Waals surface area (Å²) in [5.41, 5.74) is 4.28. The van der Waals surface area contributed by atoms with Gasteiger partial charge in [-0.1, -0.05) is 15.9 Å². The minimum atomic E-state index is 0.778. The number of fused-ring (bicyclic) bond motifs is 3. The summed E-state index contributed by atoms with van der Waals surface area (Å²) < 4.78 is 7.14. The third-order valence-electron chi connectivity index (χ3n) is 3.09. The molecule has 0 N–H and O–H groups in total. The van der Waals surface area contributed by atoms with E-state index >= 15 is 0 Å². The number of hydrogen-bond donors (Lipinski definition) is 0. The summed E-state index contributed by atoms with van der Waals surface area (Å²) in [4.78, 5) is 4.41. The van der Waals surface area contributed by atoms with E-state index in [1.54, 1.807) is 13.4 Å². The molecule has 0 atom stereocenters. The number of hydrogen-bond acceptors (Lipinski definition) is 3. The molecule has 3 rings (SSSR count). The van der Waals surface area contributed by atoms with Crippen LogP contribution in [0.25, 0.3) is 16.4 Å². The Labute approximate surface area is 113 Å². The van der Waals surface area contributed by atoms with Crippen molar-refractivity contribution in [1.29, 1.82) is 0 Å². The van der Waals surface area contributed by atoms with Gasteiger partial charge in [0.15, 0.2) is 0 Å². The number of ether oxygens (including phenoxy) is 1. The van der Waals surface area contributed by atoms with Crippen molar-refractivity contribution in [3.8, 4) is 5.75 Å². The maximum Gasteiger partial charge on any atom is 0.123 e. The number of halogens is 1. The molecule has 0 amide bonds. The third-order valence-corrected chi connectivity index (χ3v) is 3.69. The molecule has 5 heteroatoms. The van der Waals surface area contributed by atoms with Crippen LogP contribution >= 0.6 is 15.9 Å². The highest BCUT2D eigenvalue weighted by Gasteiger charge is 2.10. The Balaban J connectivity index is 2.45. The lowest BCUT2D eigenvalue weighted by Gasteiger charge is -2.07. The van der Waals surface area contributed by atoms with E-state index in [-0.39, 0.29) is 0 Å². The SMILES string of the molecule is COc1cc2ncn3ncc(CBr)c3c2cc1C. The molecule has 3 aromatic rings. The Kier molecular flexibility index (Phi) is 2.70. The first kappa shape index (κ1) is 11.5. The van der Waals surface area contributed by atoms with Crippen LogP contribution < -0.4 is 4.74 Å². The molecule has 0 radical (unpaired) electrons. The van der Waals surface area contributed by atoms with E-state index in [0.717, 1.165) is 38.6 Å². The van der Waals surface area contributed by atoms with Gasteiger partial charge in [0.2, 0.25) is 0 Å². The van der Waals surface area contributed by atoms with Crippen LogP contribution in [0.5, 0.6) is 5.75 Å². The van der Waals surface area contributed by atoms with E-state index < -0.39 is 0 Å². The first-order chi connectivity index (χ1) is 8.74. The van der Waals surface area contributed by atoms with Crippen molar-refractivity contribution in [2.75, 3.05) is 7.11 Å². The molecule has 2 aromatic heterocycles. The molecule has 0 saturated heterocycles. The van der Waals surface area contributed by atoms with Crippen molar-refractivity contribution in [1.82, 2.24) is 14.6 Å². The van der Waals surface area contributed by atoms with Crippen LogP contribution in [-0.2, 0) is 5.33 Å². The standard InChI is InChI=1S/C13H12BrN3O/c1-8-3-10-11(4-12(8)18-2)15-7-17-13(10)9(5-14)6-16-17/h3-4,6-7H,5H2,1-2H3. The largest absolute Gasteiger partial charge is 0.496 e. The molecule has 1 aromatic carbocycles. The van der Waals surface area contributed by atoms with Gasteiger partial charge in [-0.25, -0.2) is 9.50 Å². The Morgan fingerprint density at radius 2 is 2.22 bits per heavy atom. The van der Waals surface area contributed by atoms with E-state index in [0.29, 0.717) is 0 Å². The van der Waals surface area contributed by atoms with Gasteiger partial charge in [-0.05, 0) is 18.6 Å². The molecule has 0 bridgehead atoms. The van der Waals surface area contributed by atoms with Crippen LogP contribution in [0.3, 0.4) is 0 Å². The lowest BCUT2D eigenvalue weighted by Crippen LogP contribution is -1.94. The summed E-state index contributed by atoms with van der Waals surface area (Å²) >= 11 is 3.49. The predicted molar refractivity (Wildman–Crippen MR) is 74.4 cm³/mol. The smallest absolute Gasteiger partial charge is 0.123 e. The van der Waals surface area contributed by atoms with Gasteiger partial charge in [-0.3, -0.25) is 0 Å². The van der Waals surface area contributed by atoms with Gasteiger partial charge < -0.3 is 4.74 Å². The fraction of sp³-hybridized carbons (Fsp3) is 0.231. The van der Waals surface area contributed by atoms with E-state index in [2.05, 4.69) is 32.1 Å². The maximum absolute atomic E-state index is 5.33. The summed E-state index contributed by atoms with van der Waals surface area (Å²) in [5, 5.41) is 6.18. The van der Waals surface area contributed by atoms with Gasteiger partial charge in [0.05, 0.1) is 24.3 Å². The number of nitrogens with zero attached hydrogens (tertiary/aromatic N) is 3. The van der Waals surface area contributed by atoms with Gasteiger partial charge in [0.1, 0.15) is 12.1 Å². The lowest BCUT2D eigenvalue weighted by atomic mass is 10.1. The highest BCUT2D eigenvalue weighted by Crippen LogP contribution is 2.28. The van der Waals surface area contributed by atoms with E-state index in [1.165, 1.54) is 0 Å². The highest BCUT2D eigenvalue weighted by atomic mass is 79.9. The van der Waals surface area contributed by atoms with Crippen molar-refractivity contribution in [3.05, 3.63) is 35.8 Å². The molecular formula is C13H12BrN3O. The third kappa shape index (κ3) is 1.58. The average molecular weight is 306 g/mol. The van der Waals surface area contributed by atoms with E-state index in [1.807, 2.05) is 23.7 Å². The van der Waals surface area contributed by atoms with E-state index in [9.17, 15) is 0 Å². The van der Waals surface area contributed by atoms with E-state index in [4.69, 9.17) is 4.74 Å². The topological polar surface area (TPSA) is 39.4 Å². The predicted octanol–water partition coefficient (Wildman–Crippen LogP) is 3.09. The fourth-order valence-corrected chi connectivity index (χ4v) is 2.60. The summed E-state index contributed by atoms with van der Waals surface area (Å²) in [6.45, 7) is 2.03. The fourth-order valence-electron chi connectivity index (χ4n) is 2.19. The van der Waals surface area contributed by atoms with Crippen molar-refractivity contribution in [2.45, 2.75) is 12.3 Å². The first-order valence-corrected chi connectivity index (χ1v) is 6.72. The molecule has 18 heavy (non-hydrogen) atoms. The van der Waals surface area contributed by atoms with Crippen LogP contribution in [0.2, 0.25) is 0 Å². The van der Waals surface area contributed by atoms with Crippen molar-refractivity contribution >= 4 is 32.3 Å². The minimum absolute atomic E-state index is 0.778. The Hall–Kier alpha value is -1.62. The van der Waals surface area contributed by atoms with Crippen LogP contribution in [0.1, 0.15) is 11.1 Å². The van der Waals surface area contributed by atoms with Crippen molar-refractivity contribution < 1.29 is 4.74 Å².